The Morgan fingerprint density at radius 1 is 1.05 bits per heavy atom. The van der Waals surface area contributed by atoms with Gasteiger partial charge in [-0.15, -0.1) is 0 Å². The normalized spacial score (nSPS) is 15.7. The number of ether oxygens (including phenoxy) is 2. The van der Waals surface area contributed by atoms with Crippen LogP contribution in [0.15, 0.2) is 24.3 Å². The first-order valence-electron chi connectivity index (χ1n) is 7.55. The molecular formula is C16H26N2O2. The standard InChI is InChI=1S/C16H26N2O2/c1-17-14-15-4-6-16(7-5-15)20-13-12-19-11-10-18-8-2-3-9-18/h4-7,17H,2-3,8-14H2,1H3. The molecule has 0 saturated carbocycles. The number of benzene rings is 1. The summed E-state index contributed by atoms with van der Waals surface area (Å²) in [4.78, 5) is 2.46. The summed E-state index contributed by atoms with van der Waals surface area (Å²) in [6.07, 6.45) is 2.68. The van der Waals surface area contributed by atoms with E-state index in [9.17, 15) is 0 Å². The Morgan fingerprint density at radius 3 is 2.50 bits per heavy atom. The van der Waals surface area contributed by atoms with Crippen molar-refractivity contribution >= 4 is 0 Å². The Morgan fingerprint density at radius 2 is 1.80 bits per heavy atom. The summed E-state index contributed by atoms with van der Waals surface area (Å²) in [5.74, 6) is 0.910. The van der Waals surface area contributed by atoms with Crippen molar-refractivity contribution in [3.8, 4) is 5.75 Å². The van der Waals surface area contributed by atoms with E-state index < -0.39 is 0 Å². The quantitative estimate of drug-likeness (QED) is 0.700. The van der Waals surface area contributed by atoms with Crippen LogP contribution in [0.2, 0.25) is 0 Å². The van der Waals surface area contributed by atoms with Gasteiger partial charge in [-0.05, 0) is 50.7 Å². The molecule has 1 aliphatic rings. The summed E-state index contributed by atoms with van der Waals surface area (Å²) in [5.41, 5.74) is 1.27. The molecule has 0 atom stereocenters. The predicted molar refractivity (Wildman–Crippen MR) is 81.2 cm³/mol. The lowest BCUT2D eigenvalue weighted by atomic mass is 10.2. The van der Waals surface area contributed by atoms with Crippen LogP contribution < -0.4 is 10.1 Å². The second kappa shape index (κ2) is 8.95. The third-order valence-corrected chi connectivity index (χ3v) is 3.55. The maximum atomic E-state index is 5.65. The molecule has 0 amide bonds. The van der Waals surface area contributed by atoms with Crippen LogP contribution in [0, 0.1) is 0 Å². The van der Waals surface area contributed by atoms with Gasteiger partial charge in [0.15, 0.2) is 0 Å². The number of rotatable bonds is 9. The molecule has 0 aliphatic carbocycles. The van der Waals surface area contributed by atoms with Gasteiger partial charge in [-0.1, -0.05) is 12.1 Å². The summed E-state index contributed by atoms with van der Waals surface area (Å²) in [6.45, 7) is 6.50. The van der Waals surface area contributed by atoms with Crippen molar-refractivity contribution in [1.82, 2.24) is 10.2 Å². The van der Waals surface area contributed by atoms with Crippen molar-refractivity contribution in [2.24, 2.45) is 0 Å². The Labute approximate surface area is 122 Å². The van der Waals surface area contributed by atoms with Crippen LogP contribution in [0.1, 0.15) is 18.4 Å². The van der Waals surface area contributed by atoms with Gasteiger partial charge in [0.1, 0.15) is 12.4 Å². The van der Waals surface area contributed by atoms with Crippen molar-refractivity contribution in [1.29, 1.82) is 0 Å². The van der Waals surface area contributed by atoms with Gasteiger partial charge in [0, 0.05) is 13.1 Å². The van der Waals surface area contributed by atoms with E-state index in [0.717, 1.165) is 25.4 Å². The van der Waals surface area contributed by atoms with Crippen LogP contribution >= 0.6 is 0 Å². The Hall–Kier alpha value is -1.10. The first-order valence-corrected chi connectivity index (χ1v) is 7.55. The minimum absolute atomic E-state index is 0.616. The molecule has 1 aliphatic heterocycles. The van der Waals surface area contributed by atoms with Gasteiger partial charge in [0.2, 0.25) is 0 Å². The molecule has 4 nitrogen and oxygen atoms in total. The third-order valence-electron chi connectivity index (χ3n) is 3.55. The van der Waals surface area contributed by atoms with E-state index in [1.165, 1.54) is 31.5 Å². The van der Waals surface area contributed by atoms with Gasteiger partial charge in [0.05, 0.1) is 13.2 Å². The van der Waals surface area contributed by atoms with Gasteiger partial charge >= 0.3 is 0 Å². The van der Waals surface area contributed by atoms with Crippen molar-refractivity contribution in [3.05, 3.63) is 29.8 Å². The van der Waals surface area contributed by atoms with Crippen LogP contribution in [0.25, 0.3) is 0 Å². The number of likely N-dealkylation sites (tertiary alicyclic amines) is 1. The molecule has 1 aromatic carbocycles. The van der Waals surface area contributed by atoms with E-state index in [1.54, 1.807) is 0 Å². The van der Waals surface area contributed by atoms with Gasteiger partial charge < -0.3 is 19.7 Å². The lowest BCUT2D eigenvalue weighted by Crippen LogP contribution is -2.24. The predicted octanol–water partition coefficient (Wildman–Crippen LogP) is 1.90. The average molecular weight is 278 g/mol. The molecule has 20 heavy (non-hydrogen) atoms. The Bertz CT molecular complexity index is 361. The maximum Gasteiger partial charge on any atom is 0.119 e. The number of nitrogens with one attached hydrogen (secondary N) is 1. The van der Waals surface area contributed by atoms with E-state index in [2.05, 4.69) is 22.3 Å². The molecule has 0 bridgehead atoms. The Kier molecular flexibility index (Phi) is 6.84. The fraction of sp³-hybridized carbons (Fsp3) is 0.625. The molecule has 0 radical (unpaired) electrons. The summed E-state index contributed by atoms with van der Waals surface area (Å²) >= 11 is 0. The highest BCUT2D eigenvalue weighted by Gasteiger charge is 2.10. The molecule has 0 unspecified atom stereocenters. The SMILES string of the molecule is CNCc1ccc(OCCOCCN2CCCC2)cc1. The van der Waals surface area contributed by atoms with E-state index in [4.69, 9.17) is 9.47 Å². The highest BCUT2D eigenvalue weighted by Crippen LogP contribution is 2.12. The maximum absolute atomic E-state index is 5.65. The zero-order valence-corrected chi connectivity index (χ0v) is 12.4. The second-order valence-corrected chi connectivity index (χ2v) is 5.18. The Balaban J connectivity index is 1.51. The minimum Gasteiger partial charge on any atom is -0.491 e. The van der Waals surface area contributed by atoms with E-state index in [-0.39, 0.29) is 0 Å². The number of hydrogen-bond acceptors (Lipinski definition) is 4. The smallest absolute Gasteiger partial charge is 0.119 e. The van der Waals surface area contributed by atoms with Gasteiger partial charge in [-0.3, -0.25) is 0 Å². The second-order valence-electron chi connectivity index (χ2n) is 5.18. The van der Waals surface area contributed by atoms with Crippen LogP contribution in [-0.2, 0) is 11.3 Å². The molecule has 112 valence electrons. The third kappa shape index (κ3) is 5.49. The number of hydrogen-bond donors (Lipinski definition) is 1. The van der Waals surface area contributed by atoms with Crippen molar-refractivity contribution < 1.29 is 9.47 Å². The summed E-state index contributed by atoms with van der Waals surface area (Å²) in [5, 5.41) is 3.13. The van der Waals surface area contributed by atoms with Gasteiger partial charge in [-0.25, -0.2) is 0 Å². The largest absolute Gasteiger partial charge is 0.491 e. The first kappa shape index (κ1) is 15.3. The van der Waals surface area contributed by atoms with Crippen LogP contribution in [-0.4, -0.2) is 51.4 Å². The lowest BCUT2D eigenvalue weighted by molar-refractivity contribution is 0.0846. The van der Waals surface area contributed by atoms with Crippen LogP contribution in [0.3, 0.4) is 0 Å². The average Bonchev–Trinajstić information content (AvgIpc) is 2.98. The number of nitrogens with zero attached hydrogens (tertiary/aromatic N) is 1. The fourth-order valence-corrected chi connectivity index (χ4v) is 2.43. The molecule has 1 N–H and O–H groups in total. The summed E-state index contributed by atoms with van der Waals surface area (Å²) in [6, 6.07) is 8.19. The zero-order chi connectivity index (χ0) is 14.0. The molecule has 1 aromatic rings. The minimum atomic E-state index is 0.616. The summed E-state index contributed by atoms with van der Waals surface area (Å²) < 4.78 is 11.3. The topological polar surface area (TPSA) is 33.7 Å². The van der Waals surface area contributed by atoms with Crippen LogP contribution in [0.5, 0.6) is 5.75 Å². The molecule has 0 spiro atoms. The molecular weight excluding hydrogens is 252 g/mol. The van der Waals surface area contributed by atoms with Crippen molar-refractivity contribution in [3.63, 3.8) is 0 Å². The highest BCUT2D eigenvalue weighted by molar-refractivity contribution is 5.27. The van der Waals surface area contributed by atoms with E-state index >= 15 is 0 Å². The van der Waals surface area contributed by atoms with Gasteiger partial charge in [-0.2, -0.15) is 0 Å². The van der Waals surface area contributed by atoms with E-state index in [0.29, 0.717) is 13.2 Å². The summed E-state index contributed by atoms with van der Waals surface area (Å²) in [7, 11) is 1.95. The zero-order valence-electron chi connectivity index (χ0n) is 12.4. The van der Waals surface area contributed by atoms with Crippen molar-refractivity contribution in [2.45, 2.75) is 19.4 Å². The molecule has 1 fully saturated rings. The van der Waals surface area contributed by atoms with Gasteiger partial charge in [0.25, 0.3) is 0 Å². The molecule has 1 saturated heterocycles. The molecule has 1 heterocycles. The first-order chi connectivity index (χ1) is 9.88. The fourth-order valence-electron chi connectivity index (χ4n) is 2.43. The molecule has 2 rings (SSSR count). The molecule has 0 aromatic heterocycles. The monoisotopic (exact) mass is 278 g/mol. The van der Waals surface area contributed by atoms with Crippen molar-refractivity contribution in [2.75, 3.05) is 46.5 Å². The van der Waals surface area contributed by atoms with E-state index in [1.807, 2.05) is 19.2 Å². The van der Waals surface area contributed by atoms with Crippen LogP contribution in [0.4, 0.5) is 0 Å². The highest BCUT2D eigenvalue weighted by atomic mass is 16.5. The molecule has 4 heteroatoms. The lowest BCUT2D eigenvalue weighted by Gasteiger charge is -2.14.